The van der Waals surface area contributed by atoms with Crippen LogP contribution in [0.5, 0.6) is 0 Å². The van der Waals surface area contributed by atoms with Gasteiger partial charge in [0, 0.05) is 12.8 Å². The molecule has 0 spiro atoms. The molecule has 0 aromatic rings. The summed E-state index contributed by atoms with van der Waals surface area (Å²) in [5.74, 6) is 0.0274. The van der Waals surface area contributed by atoms with E-state index < -0.39 is 0 Å². The van der Waals surface area contributed by atoms with Crippen molar-refractivity contribution in [2.24, 2.45) is 0 Å². The minimum atomic E-state index is -0.00975. The molecule has 280 valence electrons. The van der Waals surface area contributed by atoms with E-state index in [-0.39, 0.29) is 18.0 Å². The van der Waals surface area contributed by atoms with E-state index in [1.807, 2.05) is 0 Å². The second kappa shape index (κ2) is 37.7. The highest BCUT2D eigenvalue weighted by Gasteiger charge is 2.14. The van der Waals surface area contributed by atoms with Crippen LogP contribution < -0.4 is 0 Å². The molecule has 47 heavy (non-hydrogen) atoms. The average Bonchev–Trinajstić information content (AvgIpc) is 3.06. The second-order valence-electron chi connectivity index (χ2n) is 14.6. The van der Waals surface area contributed by atoms with Gasteiger partial charge in [-0.15, -0.1) is 0 Å². The molecular weight excluding hydrogens is 582 g/mol. The molecule has 0 unspecified atom stereocenters. The van der Waals surface area contributed by atoms with Crippen LogP contribution in [0.2, 0.25) is 0 Å². The van der Waals surface area contributed by atoms with Crippen molar-refractivity contribution in [2.45, 2.75) is 232 Å². The smallest absolute Gasteiger partial charge is 0.306 e. The Labute approximate surface area is 294 Å². The summed E-state index contributed by atoms with van der Waals surface area (Å²) in [6.07, 6.45) is 37.9. The molecule has 0 fully saturated rings. The molecule has 5 nitrogen and oxygen atoms in total. The fourth-order valence-electron chi connectivity index (χ4n) is 6.43. The Hall–Kier alpha value is -1.10. The summed E-state index contributed by atoms with van der Waals surface area (Å²) in [4.78, 5) is 27.0. The minimum Gasteiger partial charge on any atom is -0.466 e. The van der Waals surface area contributed by atoms with Gasteiger partial charge in [0.25, 0.3) is 0 Å². The van der Waals surface area contributed by atoms with Crippen molar-refractivity contribution < 1.29 is 19.1 Å². The summed E-state index contributed by atoms with van der Waals surface area (Å²) in [7, 11) is 2.24. The third-order valence-electron chi connectivity index (χ3n) is 9.66. The van der Waals surface area contributed by atoms with Crippen LogP contribution in [0, 0.1) is 0 Å². The van der Waals surface area contributed by atoms with Crippen LogP contribution in [0.25, 0.3) is 0 Å². The van der Waals surface area contributed by atoms with Gasteiger partial charge in [0.15, 0.2) is 0 Å². The Kier molecular flexibility index (Phi) is 36.8. The van der Waals surface area contributed by atoms with E-state index in [1.165, 1.54) is 148 Å². The predicted octanol–water partition coefficient (Wildman–Crippen LogP) is 12.9. The SMILES string of the molecule is CCCCCCCCOC(=O)CCCCCCCN(C)CCCCCCCC(=O)OC(CCCCCCCC)CCCCCCCC. The van der Waals surface area contributed by atoms with Crippen molar-refractivity contribution >= 4 is 11.9 Å². The fourth-order valence-corrected chi connectivity index (χ4v) is 6.43. The molecule has 0 N–H and O–H groups in total. The highest BCUT2D eigenvalue weighted by atomic mass is 16.5. The van der Waals surface area contributed by atoms with Gasteiger partial charge in [-0.05, 0) is 77.9 Å². The monoisotopic (exact) mass is 666 g/mol. The summed E-state index contributed by atoms with van der Waals surface area (Å²) in [5, 5.41) is 0. The van der Waals surface area contributed by atoms with Crippen LogP contribution in [-0.4, -0.2) is 49.7 Å². The van der Waals surface area contributed by atoms with Gasteiger partial charge in [0.1, 0.15) is 6.10 Å². The molecule has 5 heteroatoms. The summed E-state index contributed by atoms with van der Waals surface area (Å²) >= 11 is 0. The molecule has 0 aliphatic carbocycles. The molecule has 0 saturated heterocycles. The number of hydrogen-bond acceptors (Lipinski definition) is 5. The first kappa shape index (κ1) is 45.9. The van der Waals surface area contributed by atoms with E-state index in [1.54, 1.807) is 0 Å². The number of hydrogen-bond donors (Lipinski definition) is 0. The zero-order chi connectivity index (χ0) is 34.5. The largest absolute Gasteiger partial charge is 0.466 e. The summed E-state index contributed by atoms with van der Waals surface area (Å²) in [5.41, 5.74) is 0. The summed E-state index contributed by atoms with van der Waals surface area (Å²) < 4.78 is 11.4. The van der Waals surface area contributed by atoms with Crippen LogP contribution in [0.3, 0.4) is 0 Å². The van der Waals surface area contributed by atoms with Gasteiger partial charge in [-0.25, -0.2) is 0 Å². The predicted molar refractivity (Wildman–Crippen MR) is 203 cm³/mol. The molecule has 0 amide bonds. The number of esters is 2. The highest BCUT2D eigenvalue weighted by molar-refractivity contribution is 5.69. The fraction of sp³-hybridized carbons (Fsp3) is 0.952. The Bertz CT molecular complexity index is 639. The number of rotatable bonds is 38. The lowest BCUT2D eigenvalue weighted by Crippen LogP contribution is -2.20. The van der Waals surface area contributed by atoms with Crippen molar-refractivity contribution in [3.05, 3.63) is 0 Å². The zero-order valence-corrected chi connectivity index (χ0v) is 32.4. The van der Waals surface area contributed by atoms with E-state index in [0.717, 1.165) is 58.0 Å². The maximum absolute atomic E-state index is 12.6. The Morgan fingerprint density at radius 2 is 0.809 bits per heavy atom. The maximum atomic E-state index is 12.6. The normalized spacial score (nSPS) is 11.5. The maximum Gasteiger partial charge on any atom is 0.306 e. The molecule has 0 saturated carbocycles. The third kappa shape index (κ3) is 36.0. The molecule has 0 atom stereocenters. The topological polar surface area (TPSA) is 55.8 Å². The number of unbranched alkanes of at least 4 members (excludes halogenated alkanes) is 23. The number of nitrogens with zero attached hydrogens (tertiary/aromatic N) is 1. The lowest BCUT2D eigenvalue weighted by molar-refractivity contribution is -0.150. The van der Waals surface area contributed by atoms with Crippen molar-refractivity contribution in [3.63, 3.8) is 0 Å². The van der Waals surface area contributed by atoms with E-state index in [2.05, 4.69) is 32.7 Å². The molecule has 0 aliphatic heterocycles. The lowest BCUT2D eigenvalue weighted by atomic mass is 10.0. The molecule has 0 rings (SSSR count). The summed E-state index contributed by atoms with van der Waals surface area (Å²) in [6.45, 7) is 9.68. The molecule has 0 aromatic heterocycles. The van der Waals surface area contributed by atoms with Crippen LogP contribution in [0.15, 0.2) is 0 Å². The van der Waals surface area contributed by atoms with Crippen molar-refractivity contribution in [3.8, 4) is 0 Å². The van der Waals surface area contributed by atoms with Gasteiger partial charge < -0.3 is 14.4 Å². The standard InChI is InChI=1S/C42H83NO4/c1-5-8-11-14-19-26-33-40(34-27-20-15-12-9-6-2)47-42(45)36-29-22-18-24-31-38-43(4)37-30-23-17-21-28-35-41(44)46-39-32-25-16-13-10-7-3/h40H,5-39H2,1-4H3. The number of ether oxygens (including phenoxy) is 2. The first-order chi connectivity index (χ1) is 23.0. The van der Waals surface area contributed by atoms with Crippen LogP contribution in [0.4, 0.5) is 0 Å². The Morgan fingerprint density at radius 1 is 0.447 bits per heavy atom. The van der Waals surface area contributed by atoms with Crippen molar-refractivity contribution in [1.29, 1.82) is 0 Å². The van der Waals surface area contributed by atoms with Crippen LogP contribution >= 0.6 is 0 Å². The number of carbonyl (C=O) groups excluding carboxylic acids is 2. The Morgan fingerprint density at radius 3 is 1.28 bits per heavy atom. The first-order valence-corrected chi connectivity index (χ1v) is 21.1. The Balaban J connectivity index is 3.76. The quantitative estimate of drug-likeness (QED) is 0.0485. The van der Waals surface area contributed by atoms with E-state index in [0.29, 0.717) is 19.4 Å². The molecular formula is C42H83NO4. The summed E-state index contributed by atoms with van der Waals surface area (Å²) in [6, 6.07) is 0. The average molecular weight is 666 g/mol. The van der Waals surface area contributed by atoms with Crippen molar-refractivity contribution in [2.75, 3.05) is 26.7 Å². The van der Waals surface area contributed by atoms with E-state index >= 15 is 0 Å². The molecule has 0 aliphatic rings. The van der Waals surface area contributed by atoms with E-state index in [4.69, 9.17) is 9.47 Å². The van der Waals surface area contributed by atoms with Gasteiger partial charge in [-0.2, -0.15) is 0 Å². The molecule has 0 bridgehead atoms. The van der Waals surface area contributed by atoms with Gasteiger partial charge in [0.05, 0.1) is 6.61 Å². The van der Waals surface area contributed by atoms with Gasteiger partial charge in [0.2, 0.25) is 0 Å². The van der Waals surface area contributed by atoms with Gasteiger partial charge >= 0.3 is 11.9 Å². The minimum absolute atomic E-state index is 0.00975. The van der Waals surface area contributed by atoms with Crippen LogP contribution in [-0.2, 0) is 19.1 Å². The lowest BCUT2D eigenvalue weighted by Gasteiger charge is -2.18. The van der Waals surface area contributed by atoms with Gasteiger partial charge in [-0.3, -0.25) is 9.59 Å². The highest BCUT2D eigenvalue weighted by Crippen LogP contribution is 2.18. The molecule has 0 aromatic carbocycles. The second-order valence-corrected chi connectivity index (χ2v) is 14.6. The molecule has 0 heterocycles. The third-order valence-corrected chi connectivity index (χ3v) is 9.66. The zero-order valence-electron chi connectivity index (χ0n) is 32.4. The first-order valence-electron chi connectivity index (χ1n) is 21.1. The molecule has 0 radical (unpaired) electrons. The number of carbonyl (C=O) groups is 2. The van der Waals surface area contributed by atoms with Crippen molar-refractivity contribution in [1.82, 2.24) is 4.90 Å². The van der Waals surface area contributed by atoms with Gasteiger partial charge in [-0.1, -0.05) is 156 Å². The van der Waals surface area contributed by atoms with Crippen LogP contribution in [0.1, 0.15) is 226 Å². The van der Waals surface area contributed by atoms with E-state index in [9.17, 15) is 9.59 Å².